The van der Waals surface area contributed by atoms with E-state index in [1.165, 1.54) is 16.4 Å². The van der Waals surface area contributed by atoms with Gasteiger partial charge in [0, 0.05) is 31.1 Å². The molecule has 2 N–H and O–H groups in total. The summed E-state index contributed by atoms with van der Waals surface area (Å²) in [6.07, 6.45) is 1.57. The Morgan fingerprint density at radius 3 is 2.44 bits per heavy atom. The zero-order valence-electron chi connectivity index (χ0n) is 17.9. The first-order chi connectivity index (χ1) is 16.5. The number of benzene rings is 2. The maximum absolute atomic E-state index is 13.2. The van der Waals surface area contributed by atoms with Gasteiger partial charge in [0.2, 0.25) is 10.0 Å². The van der Waals surface area contributed by atoms with Gasteiger partial charge in [0.25, 0.3) is 0 Å². The largest absolute Gasteiger partial charge is 0.353 e. The van der Waals surface area contributed by atoms with Gasteiger partial charge in [0.05, 0.1) is 21.3 Å². The fraction of sp³-hybridized carbons (Fsp3) is 0.174. The lowest BCUT2D eigenvalue weighted by Gasteiger charge is -2.34. The molecule has 0 spiro atoms. The lowest BCUT2D eigenvalue weighted by molar-refractivity contribution is 0.384. The summed E-state index contributed by atoms with van der Waals surface area (Å²) in [5.41, 5.74) is 1.82. The molecule has 0 atom stereocenters. The Hall–Kier alpha value is -3.54. The summed E-state index contributed by atoms with van der Waals surface area (Å²) in [6.45, 7) is 1.71. The standard InChI is InChI=1S/C23H20N6O3S2/c30-23-26-18-7-6-16(12-19(18)27-23)34(31,32)29-10-8-28(9-11-29)21-17-13-20(15-4-2-1-3-5-15)33-22(17)25-14-24-21/h1-7,12-14H,8-11H2,(H2,26,27,30). The average molecular weight is 493 g/mol. The Labute approximate surface area is 198 Å². The molecule has 0 saturated carbocycles. The van der Waals surface area contributed by atoms with Crippen LogP contribution in [0.4, 0.5) is 5.82 Å². The van der Waals surface area contributed by atoms with E-state index in [1.54, 1.807) is 23.7 Å². The van der Waals surface area contributed by atoms with Crippen LogP contribution in [-0.2, 0) is 10.0 Å². The molecule has 6 rings (SSSR count). The maximum Gasteiger partial charge on any atom is 0.323 e. The molecule has 0 radical (unpaired) electrons. The fourth-order valence-corrected chi connectivity index (χ4v) is 6.75. The quantitative estimate of drug-likeness (QED) is 0.399. The van der Waals surface area contributed by atoms with Crippen molar-refractivity contribution < 1.29 is 8.42 Å². The number of aromatic amines is 2. The number of nitrogens with zero attached hydrogens (tertiary/aromatic N) is 4. The molecule has 4 heterocycles. The number of anilines is 1. The summed E-state index contributed by atoms with van der Waals surface area (Å²) in [5.74, 6) is 0.826. The van der Waals surface area contributed by atoms with Crippen LogP contribution in [0.1, 0.15) is 0 Å². The van der Waals surface area contributed by atoms with Crippen LogP contribution in [0.25, 0.3) is 31.7 Å². The highest BCUT2D eigenvalue weighted by Crippen LogP contribution is 2.36. The van der Waals surface area contributed by atoms with Gasteiger partial charge in [0.1, 0.15) is 17.0 Å². The highest BCUT2D eigenvalue weighted by molar-refractivity contribution is 7.89. The van der Waals surface area contributed by atoms with Crippen molar-refractivity contribution in [2.75, 3.05) is 31.1 Å². The van der Waals surface area contributed by atoms with Crippen LogP contribution in [-0.4, -0.2) is 58.8 Å². The minimum Gasteiger partial charge on any atom is -0.353 e. The molecule has 0 aliphatic carbocycles. The van der Waals surface area contributed by atoms with E-state index in [4.69, 9.17) is 0 Å². The number of H-pyrrole nitrogens is 2. The van der Waals surface area contributed by atoms with Gasteiger partial charge in [-0.05, 0) is 29.8 Å². The van der Waals surface area contributed by atoms with Gasteiger partial charge in [-0.25, -0.2) is 23.2 Å². The number of aromatic nitrogens is 4. The van der Waals surface area contributed by atoms with Gasteiger partial charge in [-0.3, -0.25) is 0 Å². The number of rotatable bonds is 4. The third kappa shape index (κ3) is 3.58. The second-order valence-electron chi connectivity index (χ2n) is 8.07. The van der Waals surface area contributed by atoms with E-state index < -0.39 is 10.0 Å². The van der Waals surface area contributed by atoms with Crippen molar-refractivity contribution in [2.24, 2.45) is 0 Å². The summed E-state index contributed by atoms with van der Waals surface area (Å²) in [5, 5.41) is 0.976. The zero-order valence-corrected chi connectivity index (χ0v) is 19.6. The molecule has 3 aromatic heterocycles. The lowest BCUT2D eigenvalue weighted by Crippen LogP contribution is -2.49. The SMILES string of the molecule is O=c1[nH]c2ccc(S(=O)(=O)N3CCN(c4ncnc5sc(-c6ccccc6)cc45)CC3)cc2[nH]1. The highest BCUT2D eigenvalue weighted by atomic mass is 32.2. The third-order valence-corrected chi connectivity index (χ3v) is 9.02. The smallest absolute Gasteiger partial charge is 0.323 e. The van der Waals surface area contributed by atoms with Gasteiger partial charge in [-0.1, -0.05) is 30.3 Å². The number of fused-ring (bicyclic) bond motifs is 2. The van der Waals surface area contributed by atoms with Crippen LogP contribution in [0.5, 0.6) is 0 Å². The predicted molar refractivity (Wildman–Crippen MR) is 133 cm³/mol. The lowest BCUT2D eigenvalue weighted by atomic mass is 10.2. The Morgan fingerprint density at radius 2 is 1.65 bits per heavy atom. The average Bonchev–Trinajstić information content (AvgIpc) is 3.46. The molecule has 34 heavy (non-hydrogen) atoms. The van der Waals surface area contributed by atoms with Crippen molar-refractivity contribution in [3.8, 4) is 10.4 Å². The Morgan fingerprint density at radius 1 is 0.882 bits per heavy atom. The number of imidazole rings is 1. The van der Waals surface area contributed by atoms with Crippen LogP contribution in [0.15, 0.2) is 70.6 Å². The normalized spacial score (nSPS) is 15.4. The van der Waals surface area contributed by atoms with E-state index in [0.717, 1.165) is 26.5 Å². The van der Waals surface area contributed by atoms with E-state index >= 15 is 0 Å². The van der Waals surface area contributed by atoms with E-state index in [9.17, 15) is 13.2 Å². The third-order valence-electron chi connectivity index (χ3n) is 6.03. The van der Waals surface area contributed by atoms with E-state index in [-0.39, 0.29) is 10.6 Å². The zero-order chi connectivity index (χ0) is 23.3. The molecule has 0 bridgehead atoms. The van der Waals surface area contributed by atoms with Crippen LogP contribution < -0.4 is 10.6 Å². The molecule has 5 aromatic rings. The molecule has 11 heteroatoms. The first-order valence-electron chi connectivity index (χ1n) is 10.8. The first-order valence-corrected chi connectivity index (χ1v) is 13.0. The summed E-state index contributed by atoms with van der Waals surface area (Å²) in [7, 11) is -3.68. The van der Waals surface area contributed by atoms with Gasteiger partial charge in [0.15, 0.2) is 0 Å². The predicted octanol–water partition coefficient (Wildman–Crippen LogP) is 3.04. The summed E-state index contributed by atoms with van der Waals surface area (Å²) in [4.78, 5) is 30.1. The van der Waals surface area contributed by atoms with E-state index in [0.29, 0.717) is 37.2 Å². The van der Waals surface area contributed by atoms with E-state index in [2.05, 4.69) is 43.0 Å². The molecule has 1 fully saturated rings. The maximum atomic E-state index is 13.2. The van der Waals surface area contributed by atoms with Gasteiger partial charge in [-0.15, -0.1) is 11.3 Å². The number of thiophene rings is 1. The Balaban J connectivity index is 1.25. The fourth-order valence-electron chi connectivity index (χ4n) is 4.30. The number of sulfonamides is 1. The van der Waals surface area contributed by atoms with Crippen LogP contribution in [0.2, 0.25) is 0 Å². The number of hydrogen-bond acceptors (Lipinski definition) is 7. The van der Waals surface area contributed by atoms with Gasteiger partial charge in [-0.2, -0.15) is 4.31 Å². The summed E-state index contributed by atoms with van der Waals surface area (Å²) < 4.78 is 28.0. The van der Waals surface area contributed by atoms with Crippen molar-refractivity contribution in [3.05, 3.63) is 71.4 Å². The molecule has 1 saturated heterocycles. The second-order valence-corrected chi connectivity index (χ2v) is 11.0. The van der Waals surface area contributed by atoms with E-state index in [1.807, 2.05) is 18.2 Å². The second kappa shape index (κ2) is 8.05. The van der Waals surface area contributed by atoms with Crippen LogP contribution in [0.3, 0.4) is 0 Å². The monoisotopic (exact) mass is 492 g/mol. The molecule has 1 aliphatic rings. The summed E-state index contributed by atoms with van der Waals surface area (Å²) in [6, 6.07) is 16.9. The van der Waals surface area contributed by atoms with Crippen molar-refractivity contribution in [1.29, 1.82) is 0 Å². The molecule has 9 nitrogen and oxygen atoms in total. The Kier molecular flexibility index (Phi) is 4.97. The van der Waals surface area contributed by atoms with Gasteiger partial charge >= 0.3 is 5.69 Å². The minimum atomic E-state index is -3.68. The Bertz CT molecular complexity index is 1670. The highest BCUT2D eigenvalue weighted by Gasteiger charge is 2.30. The van der Waals surface area contributed by atoms with Crippen molar-refractivity contribution in [3.63, 3.8) is 0 Å². The molecular weight excluding hydrogens is 472 g/mol. The number of piperazine rings is 1. The molecular formula is C23H20N6O3S2. The first kappa shape index (κ1) is 21.0. The molecule has 172 valence electrons. The topological polar surface area (TPSA) is 115 Å². The minimum absolute atomic E-state index is 0.165. The summed E-state index contributed by atoms with van der Waals surface area (Å²) >= 11 is 1.62. The van der Waals surface area contributed by atoms with Crippen molar-refractivity contribution >= 4 is 48.4 Å². The van der Waals surface area contributed by atoms with Crippen LogP contribution in [0, 0.1) is 0 Å². The molecule has 0 amide bonds. The van der Waals surface area contributed by atoms with Gasteiger partial charge < -0.3 is 14.9 Å². The molecule has 1 aliphatic heterocycles. The number of nitrogens with one attached hydrogen (secondary N) is 2. The van der Waals surface area contributed by atoms with Crippen LogP contribution >= 0.6 is 11.3 Å². The number of hydrogen-bond donors (Lipinski definition) is 2. The molecule has 2 aromatic carbocycles. The van der Waals surface area contributed by atoms with Crippen molar-refractivity contribution in [1.82, 2.24) is 24.2 Å². The van der Waals surface area contributed by atoms with Crippen molar-refractivity contribution in [2.45, 2.75) is 4.90 Å². The molecule has 0 unspecified atom stereocenters.